The van der Waals surface area contributed by atoms with E-state index in [1.54, 1.807) is 24.8 Å². The van der Waals surface area contributed by atoms with Crippen LogP contribution in [0, 0.1) is 11.7 Å². The van der Waals surface area contributed by atoms with Gasteiger partial charge in [-0.3, -0.25) is 18.9 Å². The number of ether oxygens (including phenoxy) is 2. The molecule has 2 heterocycles. The maximum absolute atomic E-state index is 12.1. The van der Waals surface area contributed by atoms with Crippen molar-refractivity contribution in [3.8, 4) is 0 Å². The topological polar surface area (TPSA) is 91.8 Å². The molecule has 0 aromatic carbocycles. The SMILES string of the molecule is COCC1O[C@@H](n2cc(C)c(=O)[nH]c2=S)C[C@H]1OP(C)(=O)OC. The molecule has 1 aromatic rings. The molecule has 8 nitrogen and oxygen atoms in total. The number of nitrogens with zero attached hydrogens (tertiary/aromatic N) is 1. The van der Waals surface area contributed by atoms with Crippen LogP contribution in [-0.2, 0) is 23.1 Å². The van der Waals surface area contributed by atoms with E-state index in [9.17, 15) is 9.36 Å². The van der Waals surface area contributed by atoms with Crippen LogP contribution in [0.5, 0.6) is 0 Å². The lowest BCUT2D eigenvalue weighted by Gasteiger charge is -2.20. The summed E-state index contributed by atoms with van der Waals surface area (Å²) >= 11 is 5.19. The molecular formula is C13H21N2O6PS. The molecule has 0 saturated carbocycles. The Balaban J connectivity index is 2.26. The quantitative estimate of drug-likeness (QED) is 0.610. The summed E-state index contributed by atoms with van der Waals surface area (Å²) in [6.07, 6.45) is 0.724. The molecule has 10 heteroatoms. The van der Waals surface area contributed by atoms with Crippen LogP contribution in [0.3, 0.4) is 0 Å². The number of aromatic nitrogens is 2. The lowest BCUT2D eigenvalue weighted by molar-refractivity contribution is -0.0516. The predicted octanol–water partition coefficient (Wildman–Crippen LogP) is 2.00. The van der Waals surface area contributed by atoms with Crippen molar-refractivity contribution in [3.63, 3.8) is 0 Å². The third kappa shape index (κ3) is 4.37. The van der Waals surface area contributed by atoms with Gasteiger partial charge >= 0.3 is 7.60 Å². The maximum Gasteiger partial charge on any atom is 0.327 e. The second-order valence-electron chi connectivity index (χ2n) is 5.40. The normalized spacial score (nSPS) is 27.0. The first-order valence-corrected chi connectivity index (χ1v) is 9.45. The van der Waals surface area contributed by atoms with Crippen molar-refractivity contribution in [1.82, 2.24) is 9.55 Å². The zero-order chi connectivity index (χ0) is 17.2. The Hall–Kier alpha value is -0.830. The molecule has 1 aliphatic heterocycles. The largest absolute Gasteiger partial charge is 0.382 e. The molecule has 0 amide bonds. The fraction of sp³-hybridized carbons (Fsp3) is 0.692. The molecule has 1 aromatic heterocycles. The molecule has 2 unspecified atom stereocenters. The highest BCUT2D eigenvalue weighted by Crippen LogP contribution is 2.47. The highest BCUT2D eigenvalue weighted by atomic mass is 32.1. The van der Waals surface area contributed by atoms with E-state index >= 15 is 0 Å². The Morgan fingerprint density at radius 1 is 1.52 bits per heavy atom. The molecule has 23 heavy (non-hydrogen) atoms. The Labute approximate surface area is 139 Å². The fourth-order valence-corrected chi connectivity index (χ4v) is 3.45. The van der Waals surface area contributed by atoms with Crippen LogP contribution in [0.15, 0.2) is 11.0 Å². The van der Waals surface area contributed by atoms with E-state index in [1.165, 1.54) is 13.8 Å². The van der Waals surface area contributed by atoms with Gasteiger partial charge in [0.15, 0.2) is 4.77 Å². The Morgan fingerprint density at radius 2 is 2.22 bits per heavy atom. The minimum Gasteiger partial charge on any atom is -0.382 e. The van der Waals surface area contributed by atoms with Gasteiger partial charge in [-0.2, -0.15) is 0 Å². The zero-order valence-electron chi connectivity index (χ0n) is 13.5. The first-order valence-electron chi connectivity index (χ1n) is 7.05. The van der Waals surface area contributed by atoms with Crippen molar-refractivity contribution in [2.75, 3.05) is 27.5 Å². The third-order valence-electron chi connectivity index (χ3n) is 3.63. The number of nitrogens with one attached hydrogen (secondary N) is 1. The summed E-state index contributed by atoms with van der Waals surface area (Å²) in [6.45, 7) is 3.37. The van der Waals surface area contributed by atoms with Crippen LogP contribution >= 0.6 is 19.8 Å². The van der Waals surface area contributed by atoms with Gasteiger partial charge in [0.25, 0.3) is 5.56 Å². The molecule has 130 valence electrons. The van der Waals surface area contributed by atoms with Crippen LogP contribution in [-0.4, -0.2) is 49.3 Å². The van der Waals surface area contributed by atoms with Crippen LogP contribution in [0.25, 0.3) is 0 Å². The average Bonchev–Trinajstić information content (AvgIpc) is 2.85. The van der Waals surface area contributed by atoms with Gasteiger partial charge in [-0.15, -0.1) is 0 Å². The average molecular weight is 364 g/mol. The van der Waals surface area contributed by atoms with Gasteiger partial charge in [0.1, 0.15) is 12.3 Å². The third-order valence-corrected chi connectivity index (χ3v) is 5.26. The van der Waals surface area contributed by atoms with E-state index in [4.69, 9.17) is 30.7 Å². The first-order chi connectivity index (χ1) is 10.8. The van der Waals surface area contributed by atoms with E-state index in [1.807, 2.05) is 0 Å². The van der Waals surface area contributed by atoms with Crippen molar-refractivity contribution >= 4 is 19.8 Å². The molecule has 1 aliphatic rings. The molecule has 0 radical (unpaired) electrons. The summed E-state index contributed by atoms with van der Waals surface area (Å²) < 4.78 is 35.5. The van der Waals surface area contributed by atoms with Crippen molar-refractivity contribution < 1.29 is 23.1 Å². The van der Waals surface area contributed by atoms with Crippen molar-refractivity contribution in [2.45, 2.75) is 31.8 Å². The first kappa shape index (κ1) is 18.5. The molecule has 0 aliphatic carbocycles. The number of methoxy groups -OCH3 is 1. The van der Waals surface area contributed by atoms with Gasteiger partial charge in [-0.1, -0.05) is 0 Å². The molecule has 2 rings (SSSR count). The van der Waals surface area contributed by atoms with Gasteiger partial charge in [0.05, 0.1) is 12.7 Å². The minimum absolute atomic E-state index is 0.233. The predicted molar refractivity (Wildman–Crippen MR) is 86.4 cm³/mol. The highest BCUT2D eigenvalue weighted by Gasteiger charge is 2.40. The summed E-state index contributed by atoms with van der Waals surface area (Å²) in [7, 11) is -0.278. The van der Waals surface area contributed by atoms with E-state index in [-0.39, 0.29) is 16.9 Å². The fourth-order valence-electron chi connectivity index (χ4n) is 2.39. The van der Waals surface area contributed by atoms with Gasteiger partial charge < -0.3 is 18.5 Å². The second-order valence-corrected chi connectivity index (χ2v) is 7.90. The van der Waals surface area contributed by atoms with E-state index in [2.05, 4.69) is 4.98 Å². The number of aromatic amines is 1. The molecule has 0 spiro atoms. The number of hydrogen-bond acceptors (Lipinski definition) is 7. The van der Waals surface area contributed by atoms with E-state index < -0.39 is 26.0 Å². The standard InChI is InChI=1S/C13H21N2O6PS/c1-8-6-15(13(23)14-12(8)16)11-5-9(10(20-11)7-18-2)21-22(4,17)19-3/h6,9-11H,5,7H2,1-4H3,(H,14,16,23)/t9-,10?,11-,22?/m1/s1. The van der Waals surface area contributed by atoms with Crippen molar-refractivity contribution in [2.24, 2.45) is 0 Å². The monoisotopic (exact) mass is 364 g/mol. The molecule has 0 bridgehead atoms. The van der Waals surface area contributed by atoms with Crippen LogP contribution in [0.2, 0.25) is 0 Å². The number of aryl methyl sites for hydroxylation is 1. The van der Waals surface area contributed by atoms with Gasteiger partial charge in [-0.05, 0) is 19.1 Å². The van der Waals surface area contributed by atoms with Crippen LogP contribution in [0.1, 0.15) is 18.2 Å². The molecule has 1 fully saturated rings. The van der Waals surface area contributed by atoms with E-state index in [0.29, 0.717) is 12.0 Å². The summed E-state index contributed by atoms with van der Waals surface area (Å²) in [5, 5.41) is 0. The van der Waals surface area contributed by atoms with Crippen LogP contribution < -0.4 is 5.56 Å². The molecular weight excluding hydrogens is 343 g/mol. The number of H-pyrrole nitrogens is 1. The highest BCUT2D eigenvalue weighted by molar-refractivity contribution is 7.71. The number of hydrogen-bond donors (Lipinski definition) is 1. The van der Waals surface area contributed by atoms with Gasteiger partial charge in [0, 0.05) is 39.1 Å². The Bertz CT molecular complexity index is 717. The molecule has 1 saturated heterocycles. The van der Waals surface area contributed by atoms with E-state index in [0.717, 1.165) is 0 Å². The van der Waals surface area contributed by atoms with Gasteiger partial charge in [0.2, 0.25) is 0 Å². The minimum atomic E-state index is -3.16. The van der Waals surface area contributed by atoms with Gasteiger partial charge in [-0.25, -0.2) is 0 Å². The second kappa shape index (κ2) is 7.38. The Morgan fingerprint density at radius 3 is 2.83 bits per heavy atom. The lowest BCUT2D eigenvalue weighted by Crippen LogP contribution is -2.28. The van der Waals surface area contributed by atoms with Crippen molar-refractivity contribution in [1.29, 1.82) is 0 Å². The lowest BCUT2D eigenvalue weighted by atomic mass is 10.2. The summed E-state index contributed by atoms with van der Waals surface area (Å²) in [5.41, 5.74) is 0.288. The molecule has 4 atom stereocenters. The summed E-state index contributed by atoms with van der Waals surface area (Å²) in [6, 6.07) is 0. The van der Waals surface area contributed by atoms with Crippen LogP contribution in [0.4, 0.5) is 0 Å². The maximum atomic E-state index is 12.1. The number of rotatable bonds is 6. The molecule has 1 N–H and O–H groups in total. The summed E-state index contributed by atoms with van der Waals surface area (Å²) in [5.74, 6) is 0. The smallest absolute Gasteiger partial charge is 0.327 e. The summed E-state index contributed by atoms with van der Waals surface area (Å²) in [4.78, 5) is 14.2. The Kier molecular flexibility index (Phi) is 5.94. The zero-order valence-corrected chi connectivity index (χ0v) is 15.2. The van der Waals surface area contributed by atoms with Crippen molar-refractivity contribution in [3.05, 3.63) is 26.9 Å².